The number of hydrogen-bond acceptors (Lipinski definition) is 6. The van der Waals surface area contributed by atoms with Crippen molar-refractivity contribution in [2.75, 3.05) is 11.9 Å². The van der Waals surface area contributed by atoms with Crippen LogP contribution in [0.2, 0.25) is 0 Å². The van der Waals surface area contributed by atoms with E-state index >= 15 is 0 Å². The Hall–Kier alpha value is -3.42. The second kappa shape index (κ2) is 10.2. The largest absolute Gasteiger partial charge is 0.452 e. The van der Waals surface area contributed by atoms with E-state index in [1.807, 2.05) is 51.1 Å². The normalized spacial score (nSPS) is 11.6. The highest BCUT2D eigenvalue weighted by atomic mass is 16.6. The molecular weight excluding hydrogens is 374 g/mol. The number of ether oxygens (including phenoxy) is 1. The Morgan fingerprint density at radius 2 is 1.79 bits per heavy atom. The molecule has 154 valence electrons. The van der Waals surface area contributed by atoms with Crippen molar-refractivity contribution in [1.29, 1.82) is 0 Å². The highest BCUT2D eigenvalue weighted by Gasteiger charge is 2.19. The molecule has 0 aliphatic heterocycles. The van der Waals surface area contributed by atoms with Crippen LogP contribution in [-0.2, 0) is 16.1 Å². The van der Waals surface area contributed by atoms with Gasteiger partial charge in [0, 0.05) is 18.7 Å². The van der Waals surface area contributed by atoms with Gasteiger partial charge in [-0.1, -0.05) is 44.2 Å². The molecule has 0 fully saturated rings. The number of esters is 1. The zero-order valence-electron chi connectivity index (χ0n) is 16.7. The molecule has 1 atom stereocenters. The number of carbonyl (C=O) groups excluding carboxylic acids is 2. The molecule has 0 aliphatic rings. The summed E-state index contributed by atoms with van der Waals surface area (Å²) in [7, 11) is 0. The van der Waals surface area contributed by atoms with Gasteiger partial charge in [-0.05, 0) is 30.5 Å². The topological polar surface area (TPSA) is 111 Å². The van der Waals surface area contributed by atoms with Gasteiger partial charge >= 0.3 is 5.97 Å². The van der Waals surface area contributed by atoms with Crippen molar-refractivity contribution in [3.8, 4) is 0 Å². The molecule has 0 saturated heterocycles. The van der Waals surface area contributed by atoms with Gasteiger partial charge in [0.1, 0.15) is 5.69 Å². The van der Waals surface area contributed by atoms with Crippen molar-refractivity contribution < 1.29 is 19.2 Å². The lowest BCUT2D eigenvalue weighted by atomic mass is 10.1. The molecule has 2 aromatic carbocycles. The van der Waals surface area contributed by atoms with Crippen LogP contribution in [0, 0.1) is 16.0 Å². The van der Waals surface area contributed by atoms with Gasteiger partial charge < -0.3 is 15.4 Å². The summed E-state index contributed by atoms with van der Waals surface area (Å²) in [6.45, 7) is 5.74. The van der Waals surface area contributed by atoms with Gasteiger partial charge in [0.05, 0.1) is 10.5 Å². The summed E-state index contributed by atoms with van der Waals surface area (Å²) in [5.41, 5.74) is 1.02. The van der Waals surface area contributed by atoms with Crippen LogP contribution in [0.3, 0.4) is 0 Å². The number of nitrogens with zero attached hydrogens (tertiary/aromatic N) is 1. The zero-order valence-corrected chi connectivity index (χ0v) is 16.7. The second-order valence-electron chi connectivity index (χ2n) is 7.00. The van der Waals surface area contributed by atoms with E-state index in [4.69, 9.17) is 4.74 Å². The molecule has 2 N–H and O–H groups in total. The molecule has 8 nitrogen and oxygen atoms in total. The van der Waals surface area contributed by atoms with Crippen molar-refractivity contribution in [3.63, 3.8) is 0 Å². The molecule has 1 amide bonds. The summed E-state index contributed by atoms with van der Waals surface area (Å²) in [6, 6.07) is 13.4. The first-order chi connectivity index (χ1) is 13.8. The van der Waals surface area contributed by atoms with E-state index < -0.39 is 23.4 Å². The Balaban J connectivity index is 2.02. The summed E-state index contributed by atoms with van der Waals surface area (Å²) in [5, 5.41) is 17.1. The molecule has 0 aliphatic carbocycles. The maximum absolute atomic E-state index is 12.2. The number of nitrogens with one attached hydrogen (secondary N) is 2. The van der Waals surface area contributed by atoms with E-state index in [-0.39, 0.29) is 23.2 Å². The Bertz CT molecular complexity index is 868. The lowest BCUT2D eigenvalue weighted by Gasteiger charge is -2.17. The number of benzene rings is 2. The van der Waals surface area contributed by atoms with Crippen molar-refractivity contribution in [2.24, 2.45) is 5.92 Å². The van der Waals surface area contributed by atoms with Crippen LogP contribution in [0.15, 0.2) is 48.5 Å². The zero-order chi connectivity index (χ0) is 21.4. The number of rotatable bonds is 9. The first kappa shape index (κ1) is 21.9. The van der Waals surface area contributed by atoms with Gasteiger partial charge in [0.2, 0.25) is 0 Å². The predicted octanol–water partition coefficient (Wildman–Crippen LogP) is 3.52. The number of amides is 1. The van der Waals surface area contributed by atoms with Gasteiger partial charge in [-0.2, -0.15) is 0 Å². The molecule has 8 heteroatoms. The van der Waals surface area contributed by atoms with Crippen LogP contribution in [0.4, 0.5) is 11.4 Å². The lowest BCUT2D eigenvalue weighted by molar-refractivity contribution is -0.384. The van der Waals surface area contributed by atoms with Gasteiger partial charge in [0.25, 0.3) is 11.6 Å². The number of hydrogen-bond donors (Lipinski definition) is 2. The number of anilines is 1. The van der Waals surface area contributed by atoms with Crippen molar-refractivity contribution >= 4 is 23.3 Å². The minimum Gasteiger partial charge on any atom is -0.452 e. The molecule has 0 radical (unpaired) electrons. The Morgan fingerprint density at radius 3 is 2.41 bits per heavy atom. The third-order valence-corrected chi connectivity index (χ3v) is 4.48. The van der Waals surface area contributed by atoms with Crippen molar-refractivity contribution in [3.05, 3.63) is 69.8 Å². The van der Waals surface area contributed by atoms with E-state index in [0.717, 1.165) is 11.6 Å². The van der Waals surface area contributed by atoms with Crippen LogP contribution >= 0.6 is 0 Å². The van der Waals surface area contributed by atoms with E-state index in [9.17, 15) is 19.7 Å². The summed E-state index contributed by atoms with van der Waals surface area (Å²) in [5.74, 6) is -0.974. The molecule has 0 saturated carbocycles. The monoisotopic (exact) mass is 399 g/mol. The van der Waals surface area contributed by atoms with Gasteiger partial charge in [-0.25, -0.2) is 4.79 Å². The lowest BCUT2D eigenvalue weighted by Crippen LogP contribution is -2.38. The highest BCUT2D eigenvalue weighted by molar-refractivity contribution is 5.93. The fourth-order valence-electron chi connectivity index (χ4n) is 2.43. The fourth-order valence-corrected chi connectivity index (χ4v) is 2.43. The second-order valence-corrected chi connectivity index (χ2v) is 7.00. The molecule has 0 spiro atoms. The van der Waals surface area contributed by atoms with Crippen LogP contribution in [0.25, 0.3) is 0 Å². The maximum atomic E-state index is 12.2. The first-order valence-corrected chi connectivity index (χ1v) is 9.30. The molecular formula is C21H25N3O5. The molecule has 0 unspecified atom stereocenters. The minimum absolute atomic E-state index is 0.00618. The Morgan fingerprint density at radius 1 is 1.10 bits per heavy atom. The van der Waals surface area contributed by atoms with Crippen LogP contribution in [0.5, 0.6) is 0 Å². The first-order valence-electron chi connectivity index (χ1n) is 9.30. The number of nitro benzene ring substituents is 1. The summed E-state index contributed by atoms with van der Waals surface area (Å²) >= 11 is 0. The summed E-state index contributed by atoms with van der Waals surface area (Å²) in [6.07, 6.45) is 0. The van der Waals surface area contributed by atoms with Crippen LogP contribution in [-0.4, -0.2) is 29.4 Å². The van der Waals surface area contributed by atoms with Crippen LogP contribution < -0.4 is 10.6 Å². The van der Waals surface area contributed by atoms with E-state index in [1.165, 1.54) is 12.1 Å². The fraction of sp³-hybridized carbons (Fsp3) is 0.333. The van der Waals surface area contributed by atoms with Crippen molar-refractivity contribution in [2.45, 2.75) is 33.4 Å². The quantitative estimate of drug-likeness (QED) is 0.379. The van der Waals surface area contributed by atoms with Gasteiger partial charge in [-0.15, -0.1) is 0 Å². The summed E-state index contributed by atoms with van der Waals surface area (Å²) in [4.78, 5) is 34.9. The Kier molecular flexibility index (Phi) is 7.70. The molecule has 2 aromatic rings. The minimum atomic E-state index is -0.796. The SMILES string of the molecule is CC(C)[C@@H](C)NC(=O)COC(=O)c1ccc(NCc2ccccc2)c([N+](=O)[O-])c1. The Labute approximate surface area is 169 Å². The van der Waals surface area contributed by atoms with Gasteiger partial charge in [-0.3, -0.25) is 14.9 Å². The molecule has 2 rings (SSSR count). The van der Waals surface area contributed by atoms with E-state index in [2.05, 4.69) is 10.6 Å². The standard InChI is InChI=1S/C21H25N3O5/c1-14(2)15(3)23-20(25)13-29-21(26)17-9-10-18(19(11-17)24(27)28)22-12-16-7-5-4-6-8-16/h4-11,14-15,22H,12-13H2,1-3H3,(H,23,25)/t15-/m1/s1. The van der Waals surface area contributed by atoms with Crippen molar-refractivity contribution in [1.82, 2.24) is 5.32 Å². The molecule has 29 heavy (non-hydrogen) atoms. The van der Waals surface area contributed by atoms with E-state index in [1.54, 1.807) is 0 Å². The molecule has 0 heterocycles. The molecule has 0 bridgehead atoms. The average Bonchev–Trinajstić information content (AvgIpc) is 2.70. The smallest absolute Gasteiger partial charge is 0.338 e. The highest BCUT2D eigenvalue weighted by Crippen LogP contribution is 2.26. The van der Waals surface area contributed by atoms with E-state index in [0.29, 0.717) is 12.2 Å². The number of nitro groups is 1. The third kappa shape index (κ3) is 6.60. The third-order valence-electron chi connectivity index (χ3n) is 4.48. The average molecular weight is 399 g/mol. The maximum Gasteiger partial charge on any atom is 0.338 e. The molecule has 0 aromatic heterocycles. The number of carbonyl (C=O) groups is 2. The van der Waals surface area contributed by atoms with Crippen LogP contribution in [0.1, 0.15) is 36.7 Å². The van der Waals surface area contributed by atoms with Gasteiger partial charge in [0.15, 0.2) is 6.61 Å². The summed E-state index contributed by atoms with van der Waals surface area (Å²) < 4.78 is 4.98. The predicted molar refractivity (Wildman–Crippen MR) is 110 cm³/mol.